The molecule has 9 aromatic rings. The average molecular weight is 607 g/mol. The molecule has 47 heavy (non-hydrogen) atoms. The van der Waals surface area contributed by atoms with Gasteiger partial charge in [-0.25, -0.2) is 15.0 Å². The SMILES string of the molecule is [2H]c1c([2H])c([2H])c(-c2ccc(-c3cc(-c4nc(-c5ccccc5)nc(-c5ccc6ccccc6c5)n4)c4c(c3)oc3ccccc34)cc2)c([2H])c1[2H]. The highest BCUT2D eigenvalue weighted by atomic mass is 16.3. The molecule has 0 amide bonds. The Morgan fingerprint density at radius 2 is 1.06 bits per heavy atom. The molecule has 0 aliphatic heterocycles. The van der Waals surface area contributed by atoms with E-state index in [1.807, 2.05) is 91.0 Å². The second kappa shape index (κ2) is 11.2. The summed E-state index contributed by atoms with van der Waals surface area (Å²) >= 11 is 0. The van der Waals surface area contributed by atoms with Gasteiger partial charge < -0.3 is 4.42 Å². The Morgan fingerprint density at radius 3 is 1.87 bits per heavy atom. The molecule has 7 aromatic carbocycles. The number of para-hydroxylation sites is 1. The third-order valence-electron chi connectivity index (χ3n) is 8.40. The molecule has 0 bridgehead atoms. The van der Waals surface area contributed by atoms with E-state index >= 15 is 0 Å². The van der Waals surface area contributed by atoms with Crippen molar-refractivity contribution >= 4 is 32.7 Å². The van der Waals surface area contributed by atoms with Crippen LogP contribution in [0.3, 0.4) is 0 Å². The van der Waals surface area contributed by atoms with Crippen LogP contribution in [-0.2, 0) is 0 Å². The molecule has 0 aliphatic carbocycles. The first kappa shape index (κ1) is 22.2. The average Bonchev–Trinajstić information content (AvgIpc) is 3.58. The fourth-order valence-electron chi connectivity index (χ4n) is 6.09. The van der Waals surface area contributed by atoms with Crippen LogP contribution in [0.2, 0.25) is 0 Å². The lowest BCUT2D eigenvalue weighted by Crippen LogP contribution is -2.00. The van der Waals surface area contributed by atoms with Crippen LogP contribution in [0.1, 0.15) is 6.85 Å². The standard InChI is InChI=1S/C43H27N3O/c1-3-11-28(12-4-1)30-19-21-31(22-20-30)35-26-37(40-36-17-9-10-18-38(36)47-39(40)27-35)43-45-41(32-14-5-2-6-15-32)44-42(46-43)34-24-23-29-13-7-8-16-33(29)25-34/h1-27H/i1D,3D,4D,11D,12D. The largest absolute Gasteiger partial charge is 0.456 e. The zero-order valence-corrected chi connectivity index (χ0v) is 25.0. The smallest absolute Gasteiger partial charge is 0.164 e. The maximum atomic E-state index is 8.45. The van der Waals surface area contributed by atoms with Crippen molar-refractivity contribution in [2.75, 3.05) is 0 Å². The third-order valence-corrected chi connectivity index (χ3v) is 8.40. The van der Waals surface area contributed by atoms with Gasteiger partial charge in [0.25, 0.3) is 0 Å². The van der Waals surface area contributed by atoms with Crippen molar-refractivity contribution in [2.45, 2.75) is 0 Å². The van der Waals surface area contributed by atoms with Crippen LogP contribution < -0.4 is 0 Å². The summed E-state index contributed by atoms with van der Waals surface area (Å²) in [7, 11) is 0. The van der Waals surface area contributed by atoms with Gasteiger partial charge in [-0.15, -0.1) is 0 Å². The second-order valence-electron chi connectivity index (χ2n) is 11.3. The summed E-state index contributed by atoms with van der Waals surface area (Å²) in [5.41, 5.74) is 6.26. The van der Waals surface area contributed by atoms with E-state index in [0.717, 1.165) is 54.9 Å². The van der Waals surface area contributed by atoms with Crippen molar-refractivity contribution in [1.29, 1.82) is 0 Å². The van der Waals surface area contributed by atoms with Gasteiger partial charge in [0, 0.05) is 27.5 Å². The monoisotopic (exact) mass is 606 g/mol. The molecule has 2 aromatic heterocycles. The molecule has 9 rings (SSSR count). The van der Waals surface area contributed by atoms with Gasteiger partial charge in [-0.2, -0.15) is 0 Å². The molecule has 0 fully saturated rings. The van der Waals surface area contributed by atoms with Crippen molar-refractivity contribution in [3.63, 3.8) is 0 Å². The summed E-state index contributed by atoms with van der Waals surface area (Å²) in [6.45, 7) is 0. The van der Waals surface area contributed by atoms with E-state index in [-0.39, 0.29) is 29.7 Å². The number of aromatic nitrogens is 3. The topological polar surface area (TPSA) is 51.8 Å². The zero-order valence-electron chi connectivity index (χ0n) is 30.0. The van der Waals surface area contributed by atoms with Crippen LogP contribution in [-0.4, -0.2) is 15.0 Å². The highest BCUT2D eigenvalue weighted by molar-refractivity contribution is 6.13. The molecule has 0 atom stereocenters. The summed E-state index contributed by atoms with van der Waals surface area (Å²) in [4.78, 5) is 15.2. The molecular formula is C43H27N3O. The van der Waals surface area contributed by atoms with Crippen LogP contribution in [0.5, 0.6) is 0 Å². The predicted octanol–water partition coefficient (Wildman–Crippen LogP) is 11.3. The Bertz CT molecular complexity index is 2820. The van der Waals surface area contributed by atoms with E-state index in [4.69, 9.17) is 26.2 Å². The lowest BCUT2D eigenvalue weighted by atomic mass is 9.96. The van der Waals surface area contributed by atoms with Crippen LogP contribution >= 0.6 is 0 Å². The normalized spacial score (nSPS) is 12.9. The van der Waals surface area contributed by atoms with Gasteiger partial charge in [0.2, 0.25) is 0 Å². The summed E-state index contributed by atoms with van der Waals surface area (Å²) < 4.78 is 47.6. The summed E-state index contributed by atoms with van der Waals surface area (Å²) in [5, 5.41) is 4.02. The van der Waals surface area contributed by atoms with Gasteiger partial charge in [-0.1, -0.05) is 139 Å². The van der Waals surface area contributed by atoms with E-state index in [9.17, 15) is 0 Å². The van der Waals surface area contributed by atoms with Gasteiger partial charge in [-0.3, -0.25) is 0 Å². The first-order valence-electron chi connectivity index (χ1n) is 17.8. The number of fused-ring (bicyclic) bond motifs is 4. The van der Waals surface area contributed by atoms with Gasteiger partial charge >= 0.3 is 0 Å². The summed E-state index contributed by atoms with van der Waals surface area (Å²) in [6.07, 6.45) is 0. The van der Waals surface area contributed by atoms with Gasteiger partial charge in [-0.05, 0) is 57.3 Å². The van der Waals surface area contributed by atoms with Crippen LogP contribution in [0.4, 0.5) is 0 Å². The van der Waals surface area contributed by atoms with Crippen LogP contribution in [0.15, 0.2) is 168 Å². The Morgan fingerprint density at radius 1 is 0.426 bits per heavy atom. The highest BCUT2D eigenvalue weighted by Gasteiger charge is 2.20. The Labute approximate surface area is 278 Å². The summed E-state index contributed by atoms with van der Waals surface area (Å²) in [6, 6.07) is 41.9. The fraction of sp³-hybridized carbons (Fsp3) is 0. The minimum absolute atomic E-state index is 0.158. The van der Waals surface area contributed by atoms with Crippen LogP contribution in [0, 0.1) is 0 Å². The molecule has 2 heterocycles. The van der Waals surface area contributed by atoms with Gasteiger partial charge in [0.05, 0.1) is 6.85 Å². The zero-order chi connectivity index (χ0) is 35.5. The Balaban J connectivity index is 1.26. The molecule has 0 saturated heterocycles. The molecule has 220 valence electrons. The highest BCUT2D eigenvalue weighted by Crippen LogP contribution is 2.40. The number of nitrogens with zero attached hydrogens (tertiary/aromatic N) is 3. The maximum absolute atomic E-state index is 8.45. The van der Waals surface area contributed by atoms with Crippen LogP contribution in [0.25, 0.3) is 89.1 Å². The maximum Gasteiger partial charge on any atom is 0.164 e. The van der Waals surface area contributed by atoms with Crippen molar-refractivity contribution in [2.24, 2.45) is 0 Å². The molecular weight excluding hydrogens is 574 g/mol. The van der Waals surface area contributed by atoms with Gasteiger partial charge in [0.1, 0.15) is 11.2 Å². The lowest BCUT2D eigenvalue weighted by molar-refractivity contribution is 0.669. The number of benzene rings is 7. The minimum atomic E-state index is -0.417. The van der Waals surface area contributed by atoms with Crippen molar-refractivity contribution < 1.29 is 11.3 Å². The lowest BCUT2D eigenvalue weighted by Gasteiger charge is -2.12. The van der Waals surface area contributed by atoms with E-state index in [2.05, 4.69) is 30.3 Å². The minimum Gasteiger partial charge on any atom is -0.456 e. The molecule has 0 saturated carbocycles. The van der Waals surface area contributed by atoms with Crippen molar-refractivity contribution in [3.8, 4) is 56.4 Å². The fourth-order valence-corrected chi connectivity index (χ4v) is 6.09. The predicted molar refractivity (Wildman–Crippen MR) is 192 cm³/mol. The van der Waals surface area contributed by atoms with Gasteiger partial charge in [0.15, 0.2) is 17.5 Å². The second-order valence-corrected chi connectivity index (χ2v) is 11.3. The first-order chi connectivity index (χ1) is 25.3. The molecule has 0 unspecified atom stereocenters. The molecule has 0 radical (unpaired) electrons. The number of rotatable bonds is 5. The molecule has 0 spiro atoms. The Hall–Kier alpha value is -6.39. The van der Waals surface area contributed by atoms with Crippen molar-refractivity contribution in [1.82, 2.24) is 15.0 Å². The van der Waals surface area contributed by atoms with E-state index in [0.29, 0.717) is 28.6 Å². The number of hydrogen-bond donors (Lipinski definition) is 0. The number of furan rings is 1. The third kappa shape index (κ3) is 4.93. The first-order valence-corrected chi connectivity index (χ1v) is 15.3. The molecule has 0 N–H and O–H groups in total. The summed E-state index contributed by atoms with van der Waals surface area (Å²) in [5.74, 6) is 1.58. The molecule has 4 heteroatoms. The molecule has 0 aliphatic rings. The van der Waals surface area contributed by atoms with E-state index in [1.165, 1.54) is 0 Å². The van der Waals surface area contributed by atoms with E-state index < -0.39 is 6.04 Å². The van der Waals surface area contributed by atoms with Crippen molar-refractivity contribution in [3.05, 3.63) is 164 Å². The number of hydrogen-bond acceptors (Lipinski definition) is 4. The Kier molecular flexibility index (Phi) is 5.28. The molecule has 4 nitrogen and oxygen atoms in total. The van der Waals surface area contributed by atoms with E-state index in [1.54, 1.807) is 12.1 Å². The quantitative estimate of drug-likeness (QED) is 0.196.